The highest BCUT2D eigenvalue weighted by Crippen LogP contribution is 2.27. The van der Waals surface area contributed by atoms with Crippen LogP contribution < -0.4 is 10.4 Å². The van der Waals surface area contributed by atoms with E-state index in [4.69, 9.17) is 4.74 Å². The number of hydrogen-bond donors (Lipinski definition) is 0. The van der Waals surface area contributed by atoms with Crippen molar-refractivity contribution in [3.8, 4) is 11.4 Å². The predicted molar refractivity (Wildman–Crippen MR) is 114 cm³/mol. The van der Waals surface area contributed by atoms with Gasteiger partial charge in [0.05, 0.1) is 5.69 Å². The molecule has 2 aromatic carbocycles. The minimum absolute atomic E-state index is 0.0172. The minimum Gasteiger partial charge on any atom is -0.484 e. The van der Waals surface area contributed by atoms with Gasteiger partial charge in [0.1, 0.15) is 11.6 Å². The molecule has 0 unspecified atom stereocenters. The number of likely N-dealkylation sites (tertiary alicyclic amines) is 1. The first-order chi connectivity index (χ1) is 14.5. The monoisotopic (exact) mass is 406 g/mol. The normalized spacial score (nSPS) is 14.7. The van der Waals surface area contributed by atoms with Gasteiger partial charge in [0, 0.05) is 26.1 Å². The molecule has 0 atom stereocenters. The number of aromatic nitrogens is 3. The number of hydrogen-bond acceptors (Lipinski definition) is 4. The number of carbonyl (C=O) groups is 1. The first-order valence-corrected chi connectivity index (χ1v) is 10.2. The van der Waals surface area contributed by atoms with E-state index in [0.29, 0.717) is 18.8 Å². The van der Waals surface area contributed by atoms with Crippen LogP contribution in [0, 0.1) is 6.92 Å². The highest BCUT2D eigenvalue weighted by Gasteiger charge is 2.28. The second-order valence-electron chi connectivity index (χ2n) is 7.70. The fourth-order valence-electron chi connectivity index (χ4n) is 3.90. The number of ether oxygens (including phenoxy) is 1. The Morgan fingerprint density at radius 3 is 2.53 bits per heavy atom. The fourth-order valence-corrected chi connectivity index (χ4v) is 3.90. The van der Waals surface area contributed by atoms with Gasteiger partial charge < -0.3 is 9.64 Å². The van der Waals surface area contributed by atoms with Crippen molar-refractivity contribution in [1.29, 1.82) is 0 Å². The molecule has 7 heteroatoms. The summed E-state index contributed by atoms with van der Waals surface area (Å²) in [4.78, 5) is 27.0. The molecular formula is C23H26N4O3. The molecule has 0 N–H and O–H groups in total. The van der Waals surface area contributed by atoms with E-state index in [1.54, 1.807) is 11.6 Å². The van der Waals surface area contributed by atoms with Crippen LogP contribution in [0.15, 0.2) is 59.4 Å². The molecule has 0 aliphatic carbocycles. The maximum absolute atomic E-state index is 12.6. The average molecular weight is 406 g/mol. The summed E-state index contributed by atoms with van der Waals surface area (Å²) in [6.07, 6.45) is 1.53. The van der Waals surface area contributed by atoms with Crippen LogP contribution in [0.3, 0.4) is 0 Å². The summed E-state index contributed by atoms with van der Waals surface area (Å²) < 4.78 is 8.73. The molecule has 0 saturated carbocycles. The summed E-state index contributed by atoms with van der Waals surface area (Å²) in [5, 5.41) is 4.50. The van der Waals surface area contributed by atoms with Gasteiger partial charge in [-0.3, -0.25) is 4.79 Å². The van der Waals surface area contributed by atoms with E-state index in [0.717, 1.165) is 29.9 Å². The Morgan fingerprint density at radius 2 is 1.83 bits per heavy atom. The van der Waals surface area contributed by atoms with Crippen molar-refractivity contribution < 1.29 is 9.53 Å². The first-order valence-electron chi connectivity index (χ1n) is 10.2. The molecule has 3 aromatic rings. The Labute approximate surface area is 175 Å². The van der Waals surface area contributed by atoms with Gasteiger partial charge in [-0.15, -0.1) is 0 Å². The highest BCUT2D eigenvalue weighted by molar-refractivity contribution is 5.77. The third-order valence-corrected chi connectivity index (χ3v) is 5.53. The summed E-state index contributed by atoms with van der Waals surface area (Å²) in [6.45, 7) is 3.28. The molecule has 1 fully saturated rings. The van der Waals surface area contributed by atoms with Crippen LogP contribution in [0.4, 0.5) is 0 Å². The zero-order chi connectivity index (χ0) is 21.1. The van der Waals surface area contributed by atoms with Crippen LogP contribution in [-0.4, -0.2) is 44.9 Å². The number of carbonyl (C=O) groups excluding carboxylic acids is 1. The SMILES string of the molecule is Cc1cccc(OCC(=O)N2CCC(c3nn(C)c(=O)n3-c3ccccc3)CC2)c1. The second-order valence-corrected chi connectivity index (χ2v) is 7.70. The zero-order valence-corrected chi connectivity index (χ0v) is 17.3. The van der Waals surface area contributed by atoms with Crippen LogP contribution in [0.5, 0.6) is 5.75 Å². The summed E-state index contributed by atoms with van der Waals surface area (Å²) in [5.41, 5.74) is 1.76. The topological polar surface area (TPSA) is 69.4 Å². The number of piperidine rings is 1. The molecule has 1 aliphatic heterocycles. The van der Waals surface area contributed by atoms with Gasteiger partial charge in [-0.1, -0.05) is 30.3 Å². The fraction of sp³-hybridized carbons (Fsp3) is 0.348. The maximum atomic E-state index is 12.6. The molecule has 1 aliphatic rings. The second kappa shape index (κ2) is 8.57. The standard InChI is InChI=1S/C23H26N4O3/c1-17-7-6-10-20(15-17)30-16-21(28)26-13-11-18(12-14-26)22-24-25(2)23(29)27(22)19-8-4-3-5-9-19/h3-10,15,18H,11-14,16H2,1-2H3. The van der Waals surface area contributed by atoms with Gasteiger partial charge in [0.25, 0.3) is 5.91 Å². The van der Waals surface area contributed by atoms with E-state index in [-0.39, 0.29) is 24.1 Å². The Bertz CT molecular complexity index is 1080. The molecule has 30 heavy (non-hydrogen) atoms. The lowest BCUT2D eigenvalue weighted by Gasteiger charge is -2.31. The number of benzene rings is 2. The summed E-state index contributed by atoms with van der Waals surface area (Å²) >= 11 is 0. The van der Waals surface area contributed by atoms with Crippen LogP contribution in [0.25, 0.3) is 5.69 Å². The zero-order valence-electron chi connectivity index (χ0n) is 17.3. The molecule has 7 nitrogen and oxygen atoms in total. The number of nitrogens with zero attached hydrogens (tertiary/aromatic N) is 4. The molecule has 1 aromatic heterocycles. The smallest absolute Gasteiger partial charge is 0.350 e. The largest absolute Gasteiger partial charge is 0.484 e. The molecule has 1 amide bonds. The van der Waals surface area contributed by atoms with Gasteiger partial charge in [-0.2, -0.15) is 5.10 Å². The van der Waals surface area contributed by atoms with E-state index in [1.807, 2.05) is 66.4 Å². The molecule has 4 rings (SSSR count). The van der Waals surface area contributed by atoms with Crippen LogP contribution >= 0.6 is 0 Å². The Morgan fingerprint density at radius 1 is 1.10 bits per heavy atom. The van der Waals surface area contributed by atoms with Crippen molar-refractivity contribution in [3.05, 3.63) is 76.5 Å². The maximum Gasteiger partial charge on any atom is 0.350 e. The molecular weight excluding hydrogens is 380 g/mol. The predicted octanol–water partition coefficient (Wildman–Crippen LogP) is 2.66. The minimum atomic E-state index is -0.152. The Balaban J connectivity index is 1.41. The molecule has 0 spiro atoms. The first kappa shape index (κ1) is 19.9. The van der Waals surface area contributed by atoms with Gasteiger partial charge in [-0.05, 0) is 49.6 Å². The van der Waals surface area contributed by atoms with Crippen molar-refractivity contribution in [2.45, 2.75) is 25.7 Å². The van der Waals surface area contributed by atoms with Crippen molar-refractivity contribution in [2.75, 3.05) is 19.7 Å². The number of aryl methyl sites for hydroxylation is 2. The number of rotatable bonds is 5. The van der Waals surface area contributed by atoms with Gasteiger partial charge in [0.15, 0.2) is 6.61 Å². The van der Waals surface area contributed by atoms with Gasteiger partial charge >= 0.3 is 5.69 Å². The van der Waals surface area contributed by atoms with Gasteiger partial charge in [0.2, 0.25) is 0 Å². The van der Waals surface area contributed by atoms with Crippen LogP contribution in [0.2, 0.25) is 0 Å². The number of amides is 1. The van der Waals surface area contributed by atoms with Crippen LogP contribution in [0.1, 0.15) is 30.1 Å². The van der Waals surface area contributed by atoms with E-state index < -0.39 is 0 Å². The van der Waals surface area contributed by atoms with Crippen molar-refractivity contribution >= 4 is 5.91 Å². The lowest BCUT2D eigenvalue weighted by Crippen LogP contribution is -2.41. The van der Waals surface area contributed by atoms with Gasteiger partial charge in [-0.25, -0.2) is 14.0 Å². The molecule has 0 radical (unpaired) electrons. The lowest BCUT2D eigenvalue weighted by atomic mass is 9.95. The molecule has 0 bridgehead atoms. The third-order valence-electron chi connectivity index (χ3n) is 5.53. The van der Waals surface area contributed by atoms with E-state index in [2.05, 4.69) is 5.10 Å². The lowest BCUT2D eigenvalue weighted by molar-refractivity contribution is -0.134. The van der Waals surface area contributed by atoms with Crippen LogP contribution in [-0.2, 0) is 11.8 Å². The Kier molecular flexibility index (Phi) is 5.70. The highest BCUT2D eigenvalue weighted by atomic mass is 16.5. The van der Waals surface area contributed by atoms with Crippen molar-refractivity contribution in [3.63, 3.8) is 0 Å². The van der Waals surface area contributed by atoms with E-state index >= 15 is 0 Å². The van der Waals surface area contributed by atoms with Crippen molar-refractivity contribution in [2.24, 2.45) is 7.05 Å². The number of para-hydroxylation sites is 1. The Hall–Kier alpha value is -3.35. The van der Waals surface area contributed by atoms with E-state index in [1.165, 1.54) is 4.68 Å². The quantitative estimate of drug-likeness (QED) is 0.653. The third kappa shape index (κ3) is 4.15. The molecule has 2 heterocycles. The molecule has 1 saturated heterocycles. The summed E-state index contributed by atoms with van der Waals surface area (Å²) in [6, 6.07) is 17.3. The van der Waals surface area contributed by atoms with E-state index in [9.17, 15) is 9.59 Å². The summed E-state index contributed by atoms with van der Waals surface area (Å²) in [5.74, 6) is 1.58. The summed E-state index contributed by atoms with van der Waals surface area (Å²) in [7, 11) is 1.67. The molecule has 156 valence electrons. The van der Waals surface area contributed by atoms with Crippen molar-refractivity contribution in [1.82, 2.24) is 19.2 Å². The average Bonchev–Trinajstić information content (AvgIpc) is 3.07.